The number of thioether (sulfide) groups is 1. The van der Waals surface area contributed by atoms with Crippen molar-refractivity contribution in [3.05, 3.63) is 76.9 Å². The highest BCUT2D eigenvalue weighted by atomic mass is 32.2. The van der Waals surface area contributed by atoms with E-state index in [9.17, 15) is 4.79 Å². The summed E-state index contributed by atoms with van der Waals surface area (Å²) in [4.78, 5) is 16.6. The van der Waals surface area contributed by atoms with Crippen LogP contribution in [0.1, 0.15) is 44.1 Å². The molecule has 2 saturated carbocycles. The molecular formula is C28H34N4OS. The minimum absolute atomic E-state index is 0.0275. The minimum Gasteiger partial charge on any atom is -0.381 e. The summed E-state index contributed by atoms with van der Waals surface area (Å²) in [6.07, 6.45) is 18.5. The molecule has 2 atom stereocenters. The summed E-state index contributed by atoms with van der Waals surface area (Å²) in [5.41, 5.74) is 6.33. The zero-order valence-electron chi connectivity index (χ0n) is 19.8. The van der Waals surface area contributed by atoms with Gasteiger partial charge in [-0.05, 0) is 92.5 Å². The Balaban J connectivity index is 1.14. The summed E-state index contributed by atoms with van der Waals surface area (Å²) in [5.74, 6) is 1.55. The number of hydrogen-bond donors (Lipinski definition) is 3. The number of carbonyl (C=O) groups is 1. The second-order valence-electron chi connectivity index (χ2n) is 10.1. The monoisotopic (exact) mass is 474 g/mol. The third-order valence-electron chi connectivity index (χ3n) is 7.54. The van der Waals surface area contributed by atoms with Crippen LogP contribution in [0, 0.1) is 11.8 Å². The van der Waals surface area contributed by atoms with E-state index >= 15 is 0 Å². The Morgan fingerprint density at radius 1 is 1.15 bits per heavy atom. The smallest absolute Gasteiger partial charge is 0.246 e. The van der Waals surface area contributed by atoms with Crippen LogP contribution in [-0.2, 0) is 11.3 Å². The van der Waals surface area contributed by atoms with Gasteiger partial charge in [0.25, 0.3) is 0 Å². The van der Waals surface area contributed by atoms with Gasteiger partial charge in [0.05, 0.1) is 5.70 Å². The van der Waals surface area contributed by atoms with Crippen LogP contribution in [0.25, 0.3) is 0 Å². The molecule has 2 unspecified atom stereocenters. The Morgan fingerprint density at radius 3 is 2.71 bits per heavy atom. The van der Waals surface area contributed by atoms with Gasteiger partial charge in [-0.3, -0.25) is 4.79 Å². The van der Waals surface area contributed by atoms with Crippen LogP contribution in [0.4, 0.5) is 0 Å². The normalized spacial score (nSPS) is 26.2. The van der Waals surface area contributed by atoms with Crippen molar-refractivity contribution in [1.82, 2.24) is 20.9 Å². The van der Waals surface area contributed by atoms with Gasteiger partial charge in [0.2, 0.25) is 5.91 Å². The van der Waals surface area contributed by atoms with Crippen LogP contribution in [0.15, 0.2) is 76.3 Å². The minimum atomic E-state index is -0.317. The maximum atomic E-state index is 12.9. The molecule has 1 amide bonds. The predicted octanol–water partition coefficient (Wildman–Crippen LogP) is 4.42. The van der Waals surface area contributed by atoms with E-state index in [0.717, 1.165) is 36.8 Å². The Morgan fingerprint density at radius 2 is 1.97 bits per heavy atom. The quantitative estimate of drug-likeness (QED) is 0.511. The van der Waals surface area contributed by atoms with Crippen LogP contribution in [0.3, 0.4) is 0 Å². The molecule has 0 aromatic heterocycles. The van der Waals surface area contributed by atoms with Gasteiger partial charge in [-0.25, -0.2) is 0 Å². The van der Waals surface area contributed by atoms with Crippen LogP contribution in [-0.4, -0.2) is 35.7 Å². The lowest BCUT2D eigenvalue weighted by molar-refractivity contribution is -0.122. The zero-order valence-corrected chi connectivity index (χ0v) is 20.7. The van der Waals surface area contributed by atoms with Gasteiger partial charge >= 0.3 is 0 Å². The number of allylic oxidation sites excluding steroid dienone is 4. The first-order chi connectivity index (χ1) is 16.7. The fourth-order valence-electron chi connectivity index (χ4n) is 5.22. The molecule has 6 rings (SSSR count). The molecule has 178 valence electrons. The SMILES string of the molecule is CSc1ccc(CNC(=O)C2C=CC3=C(CCCN3C3=CC(C4CC4)NC(C4CC4)=C3)N2)cc1. The average Bonchev–Trinajstić information content (AvgIpc) is 3.79. The van der Waals surface area contributed by atoms with E-state index in [1.165, 1.54) is 53.4 Å². The van der Waals surface area contributed by atoms with Gasteiger partial charge in [0, 0.05) is 41.1 Å². The van der Waals surface area contributed by atoms with Gasteiger partial charge in [0.1, 0.15) is 6.04 Å². The van der Waals surface area contributed by atoms with E-state index in [1.54, 1.807) is 11.8 Å². The molecule has 34 heavy (non-hydrogen) atoms. The van der Waals surface area contributed by atoms with Crippen molar-refractivity contribution in [3.8, 4) is 0 Å². The van der Waals surface area contributed by atoms with Crippen molar-refractivity contribution in [3.63, 3.8) is 0 Å². The molecule has 2 aliphatic carbocycles. The number of carbonyl (C=O) groups excluding carboxylic acids is 1. The molecule has 2 fully saturated rings. The topological polar surface area (TPSA) is 56.4 Å². The van der Waals surface area contributed by atoms with Crippen molar-refractivity contribution < 1.29 is 4.79 Å². The molecule has 0 saturated heterocycles. The molecule has 5 nitrogen and oxygen atoms in total. The van der Waals surface area contributed by atoms with E-state index in [2.05, 4.69) is 69.6 Å². The number of dihydropyridines is 2. The maximum Gasteiger partial charge on any atom is 0.246 e. The van der Waals surface area contributed by atoms with E-state index < -0.39 is 0 Å². The highest BCUT2D eigenvalue weighted by Gasteiger charge is 2.37. The van der Waals surface area contributed by atoms with Crippen molar-refractivity contribution >= 4 is 17.7 Å². The van der Waals surface area contributed by atoms with Gasteiger partial charge in [0.15, 0.2) is 0 Å². The molecule has 3 heterocycles. The van der Waals surface area contributed by atoms with Crippen molar-refractivity contribution in [2.45, 2.75) is 62.0 Å². The lowest BCUT2D eigenvalue weighted by atomic mass is 9.98. The lowest BCUT2D eigenvalue weighted by Gasteiger charge is -2.39. The fraction of sp³-hybridized carbons (Fsp3) is 0.464. The van der Waals surface area contributed by atoms with E-state index in [1.807, 2.05) is 6.08 Å². The standard InChI is InChI=1S/C28H34N4OS/c1-34-22-10-4-18(5-11-22)17-29-28(33)24-12-13-27-23(30-24)3-2-14-32(27)21-15-25(19-6-7-19)31-26(16-21)20-8-9-20/h4-5,10-13,15-16,19-20,24-25,30-31H,2-3,6-9,14,17H2,1H3,(H,29,33). The highest BCUT2D eigenvalue weighted by Crippen LogP contribution is 2.42. The van der Waals surface area contributed by atoms with Gasteiger partial charge in [-0.2, -0.15) is 0 Å². The van der Waals surface area contributed by atoms with Gasteiger partial charge < -0.3 is 20.9 Å². The van der Waals surface area contributed by atoms with Crippen LogP contribution in [0.5, 0.6) is 0 Å². The Hall–Kier alpha value is -2.60. The Labute approximate surface area is 206 Å². The summed E-state index contributed by atoms with van der Waals surface area (Å²) in [5, 5.41) is 10.5. The van der Waals surface area contributed by atoms with Crippen LogP contribution in [0.2, 0.25) is 0 Å². The Bertz CT molecular complexity index is 1080. The van der Waals surface area contributed by atoms with Gasteiger partial charge in [-0.15, -0.1) is 11.8 Å². The van der Waals surface area contributed by atoms with Crippen molar-refractivity contribution in [2.75, 3.05) is 12.8 Å². The predicted molar refractivity (Wildman–Crippen MR) is 138 cm³/mol. The first-order valence-corrected chi connectivity index (χ1v) is 14.0. The lowest BCUT2D eigenvalue weighted by Crippen LogP contribution is -2.46. The van der Waals surface area contributed by atoms with Crippen LogP contribution >= 0.6 is 11.8 Å². The maximum absolute atomic E-state index is 12.9. The summed E-state index contributed by atoms with van der Waals surface area (Å²) >= 11 is 1.73. The number of amides is 1. The zero-order chi connectivity index (χ0) is 23.1. The molecule has 1 aromatic carbocycles. The molecular weight excluding hydrogens is 440 g/mol. The summed E-state index contributed by atoms with van der Waals surface area (Å²) in [7, 11) is 0. The summed E-state index contributed by atoms with van der Waals surface area (Å²) in [6.45, 7) is 1.58. The largest absolute Gasteiger partial charge is 0.381 e. The van der Waals surface area contributed by atoms with Crippen molar-refractivity contribution in [2.24, 2.45) is 11.8 Å². The van der Waals surface area contributed by atoms with Crippen LogP contribution < -0.4 is 16.0 Å². The number of nitrogens with one attached hydrogen (secondary N) is 3. The number of rotatable bonds is 7. The second-order valence-corrected chi connectivity index (χ2v) is 11.0. The fourth-order valence-corrected chi connectivity index (χ4v) is 5.63. The summed E-state index contributed by atoms with van der Waals surface area (Å²) in [6, 6.07) is 8.53. The highest BCUT2D eigenvalue weighted by molar-refractivity contribution is 7.98. The average molecular weight is 475 g/mol. The van der Waals surface area contributed by atoms with Gasteiger partial charge in [-0.1, -0.05) is 18.2 Å². The Kier molecular flexibility index (Phi) is 5.94. The molecule has 0 spiro atoms. The van der Waals surface area contributed by atoms with Crippen molar-refractivity contribution in [1.29, 1.82) is 0 Å². The molecule has 6 heteroatoms. The number of nitrogens with zero attached hydrogens (tertiary/aromatic N) is 1. The van der Waals surface area contributed by atoms with E-state index in [0.29, 0.717) is 12.6 Å². The number of benzene rings is 1. The summed E-state index contributed by atoms with van der Waals surface area (Å²) < 4.78 is 0. The van der Waals surface area contributed by atoms with E-state index in [-0.39, 0.29) is 11.9 Å². The molecule has 0 radical (unpaired) electrons. The molecule has 3 N–H and O–H groups in total. The second kappa shape index (κ2) is 9.21. The molecule has 1 aromatic rings. The molecule has 3 aliphatic heterocycles. The molecule has 0 bridgehead atoms. The third kappa shape index (κ3) is 4.65. The number of hydrogen-bond acceptors (Lipinski definition) is 5. The first kappa shape index (κ1) is 21.9. The first-order valence-electron chi connectivity index (χ1n) is 12.7. The molecule has 5 aliphatic rings. The van der Waals surface area contributed by atoms with E-state index in [4.69, 9.17) is 0 Å². The third-order valence-corrected chi connectivity index (χ3v) is 8.28.